The highest BCUT2D eigenvalue weighted by Gasteiger charge is 2.10. The number of aliphatic hydroxyl groups is 1. The van der Waals surface area contributed by atoms with Crippen LogP contribution in [0.4, 0.5) is 0 Å². The van der Waals surface area contributed by atoms with Gasteiger partial charge in [-0.3, -0.25) is 4.79 Å². The van der Waals surface area contributed by atoms with E-state index in [1.54, 1.807) is 6.21 Å². The minimum Gasteiger partial charge on any atom is -0.386 e. The summed E-state index contributed by atoms with van der Waals surface area (Å²) >= 11 is 0. The van der Waals surface area contributed by atoms with E-state index in [0.717, 1.165) is 12.8 Å². The normalized spacial score (nSPS) is 20.1. The smallest absolute Gasteiger partial charge is 0.271 e. The van der Waals surface area contributed by atoms with Gasteiger partial charge >= 0.3 is 0 Å². The molecule has 0 spiro atoms. The number of hydrogen-bond acceptors (Lipinski definition) is 2. The standard InChI is InChI=1S/C9H15NO2/c11-7-9(12)10-6-8-4-2-1-3-5-8/h6,8,11H,1-5,7H2. The molecule has 0 aromatic heterocycles. The molecule has 12 heavy (non-hydrogen) atoms. The third kappa shape index (κ3) is 3.13. The first-order valence-corrected chi connectivity index (χ1v) is 4.51. The van der Waals surface area contributed by atoms with E-state index in [1.807, 2.05) is 0 Å². The molecule has 68 valence electrons. The summed E-state index contributed by atoms with van der Waals surface area (Å²) in [5.41, 5.74) is 0. The SMILES string of the molecule is O=C(CO)N=CC1CCCCC1. The topological polar surface area (TPSA) is 49.7 Å². The summed E-state index contributed by atoms with van der Waals surface area (Å²) in [4.78, 5) is 14.3. The van der Waals surface area contributed by atoms with Crippen LogP contribution in [-0.4, -0.2) is 23.8 Å². The lowest BCUT2D eigenvalue weighted by Gasteiger charge is -2.16. The monoisotopic (exact) mass is 169 g/mol. The fourth-order valence-electron chi connectivity index (χ4n) is 1.51. The minimum atomic E-state index is -0.469. The molecule has 1 rings (SSSR count). The number of aliphatic imine (C=N–C) groups is 1. The maximum atomic E-state index is 10.6. The Morgan fingerprint density at radius 3 is 2.67 bits per heavy atom. The van der Waals surface area contributed by atoms with Crippen molar-refractivity contribution in [3.63, 3.8) is 0 Å². The first-order chi connectivity index (χ1) is 5.83. The van der Waals surface area contributed by atoms with Crippen LogP contribution >= 0.6 is 0 Å². The number of rotatable bonds is 2. The van der Waals surface area contributed by atoms with E-state index in [4.69, 9.17) is 5.11 Å². The zero-order valence-electron chi connectivity index (χ0n) is 7.20. The molecule has 3 nitrogen and oxygen atoms in total. The highest BCUT2D eigenvalue weighted by molar-refractivity contribution is 5.86. The molecule has 1 aliphatic rings. The molecule has 1 fully saturated rings. The van der Waals surface area contributed by atoms with Gasteiger partial charge in [0.1, 0.15) is 6.61 Å². The first kappa shape index (κ1) is 9.39. The Kier molecular flexibility index (Phi) is 3.94. The Labute approximate surface area is 72.5 Å². The molecule has 0 aromatic carbocycles. The summed E-state index contributed by atoms with van der Waals surface area (Å²) in [7, 11) is 0. The Bertz CT molecular complexity index is 171. The summed E-state index contributed by atoms with van der Waals surface area (Å²) in [6.07, 6.45) is 7.77. The number of carbonyl (C=O) groups is 1. The lowest BCUT2D eigenvalue weighted by atomic mass is 9.90. The maximum Gasteiger partial charge on any atom is 0.271 e. The Morgan fingerprint density at radius 2 is 2.08 bits per heavy atom. The van der Waals surface area contributed by atoms with E-state index in [0.29, 0.717) is 5.92 Å². The summed E-state index contributed by atoms with van der Waals surface area (Å²) in [6.45, 7) is -0.469. The van der Waals surface area contributed by atoms with Crippen LogP contribution in [0.3, 0.4) is 0 Å². The molecule has 0 aliphatic heterocycles. The zero-order chi connectivity index (χ0) is 8.81. The van der Waals surface area contributed by atoms with Gasteiger partial charge in [0.2, 0.25) is 0 Å². The molecule has 0 unspecified atom stereocenters. The van der Waals surface area contributed by atoms with E-state index in [1.165, 1.54) is 19.3 Å². The molecule has 0 radical (unpaired) electrons. The molecule has 1 aliphatic carbocycles. The predicted molar refractivity (Wildman–Crippen MR) is 47.2 cm³/mol. The van der Waals surface area contributed by atoms with Gasteiger partial charge in [-0.1, -0.05) is 19.3 Å². The Hall–Kier alpha value is -0.700. The van der Waals surface area contributed by atoms with Gasteiger partial charge in [0.25, 0.3) is 5.91 Å². The van der Waals surface area contributed by atoms with E-state index in [9.17, 15) is 4.79 Å². The minimum absolute atomic E-state index is 0.430. The average Bonchev–Trinajstić information content (AvgIpc) is 2.16. The van der Waals surface area contributed by atoms with Gasteiger partial charge in [-0.05, 0) is 18.8 Å². The van der Waals surface area contributed by atoms with Gasteiger partial charge in [-0.15, -0.1) is 0 Å². The average molecular weight is 169 g/mol. The van der Waals surface area contributed by atoms with Crippen molar-refractivity contribution in [1.82, 2.24) is 0 Å². The van der Waals surface area contributed by atoms with Crippen molar-refractivity contribution in [3.05, 3.63) is 0 Å². The molecule has 0 heterocycles. The Morgan fingerprint density at radius 1 is 1.42 bits per heavy atom. The largest absolute Gasteiger partial charge is 0.386 e. The van der Waals surface area contributed by atoms with Gasteiger partial charge in [0.05, 0.1) is 0 Å². The second-order valence-electron chi connectivity index (χ2n) is 3.23. The maximum absolute atomic E-state index is 10.6. The molecule has 0 bridgehead atoms. The van der Waals surface area contributed by atoms with Crippen molar-refractivity contribution in [1.29, 1.82) is 0 Å². The number of amides is 1. The number of carbonyl (C=O) groups excluding carboxylic acids is 1. The van der Waals surface area contributed by atoms with E-state index >= 15 is 0 Å². The fourth-order valence-corrected chi connectivity index (χ4v) is 1.51. The lowest BCUT2D eigenvalue weighted by Crippen LogP contribution is -2.09. The van der Waals surface area contributed by atoms with Crippen molar-refractivity contribution in [3.8, 4) is 0 Å². The first-order valence-electron chi connectivity index (χ1n) is 4.51. The van der Waals surface area contributed by atoms with Gasteiger partial charge in [0, 0.05) is 6.21 Å². The Balaban J connectivity index is 2.28. The molecule has 0 aromatic rings. The van der Waals surface area contributed by atoms with Crippen molar-refractivity contribution in [2.45, 2.75) is 32.1 Å². The molecule has 1 N–H and O–H groups in total. The van der Waals surface area contributed by atoms with Gasteiger partial charge in [0.15, 0.2) is 0 Å². The third-order valence-electron chi connectivity index (χ3n) is 2.21. The lowest BCUT2D eigenvalue weighted by molar-refractivity contribution is -0.120. The van der Waals surface area contributed by atoms with Crippen LogP contribution < -0.4 is 0 Å². The molecular weight excluding hydrogens is 154 g/mol. The fraction of sp³-hybridized carbons (Fsp3) is 0.778. The van der Waals surface area contributed by atoms with Crippen molar-refractivity contribution < 1.29 is 9.90 Å². The summed E-state index contributed by atoms with van der Waals surface area (Å²) < 4.78 is 0. The summed E-state index contributed by atoms with van der Waals surface area (Å²) in [5.74, 6) is 0.0369. The van der Waals surface area contributed by atoms with Gasteiger partial charge in [-0.2, -0.15) is 0 Å². The van der Waals surface area contributed by atoms with Crippen molar-refractivity contribution in [2.75, 3.05) is 6.61 Å². The zero-order valence-corrected chi connectivity index (χ0v) is 7.20. The van der Waals surface area contributed by atoms with Crippen LogP contribution in [-0.2, 0) is 4.79 Å². The van der Waals surface area contributed by atoms with Crippen LogP contribution in [0, 0.1) is 5.92 Å². The molecule has 1 amide bonds. The van der Waals surface area contributed by atoms with Gasteiger partial charge < -0.3 is 5.11 Å². The molecule has 0 saturated heterocycles. The highest BCUT2D eigenvalue weighted by atomic mass is 16.3. The predicted octanol–water partition coefficient (Wildman–Crippen LogP) is 1.16. The summed E-state index contributed by atoms with van der Waals surface area (Å²) in [5, 5.41) is 8.40. The van der Waals surface area contributed by atoms with Crippen LogP contribution in [0.5, 0.6) is 0 Å². The van der Waals surface area contributed by atoms with Crippen LogP contribution in [0.2, 0.25) is 0 Å². The van der Waals surface area contributed by atoms with Crippen LogP contribution in [0.1, 0.15) is 32.1 Å². The second-order valence-corrected chi connectivity index (χ2v) is 3.23. The second kappa shape index (κ2) is 5.04. The number of nitrogens with zero attached hydrogens (tertiary/aromatic N) is 1. The molecule has 1 saturated carbocycles. The van der Waals surface area contributed by atoms with Crippen molar-refractivity contribution >= 4 is 12.1 Å². The van der Waals surface area contributed by atoms with E-state index in [2.05, 4.69) is 4.99 Å². The molecule has 0 atom stereocenters. The number of hydrogen-bond donors (Lipinski definition) is 1. The van der Waals surface area contributed by atoms with Crippen LogP contribution in [0.25, 0.3) is 0 Å². The third-order valence-corrected chi connectivity index (χ3v) is 2.21. The summed E-state index contributed by atoms with van der Waals surface area (Å²) in [6, 6.07) is 0. The number of aliphatic hydroxyl groups excluding tert-OH is 1. The van der Waals surface area contributed by atoms with Gasteiger partial charge in [-0.25, -0.2) is 4.99 Å². The highest BCUT2D eigenvalue weighted by Crippen LogP contribution is 2.21. The van der Waals surface area contributed by atoms with Crippen molar-refractivity contribution in [2.24, 2.45) is 10.9 Å². The van der Waals surface area contributed by atoms with E-state index < -0.39 is 12.5 Å². The van der Waals surface area contributed by atoms with Crippen LogP contribution in [0.15, 0.2) is 4.99 Å². The van der Waals surface area contributed by atoms with E-state index in [-0.39, 0.29) is 0 Å². The quantitative estimate of drug-likeness (QED) is 0.630. The molecule has 3 heteroatoms. The molecular formula is C9H15NO2.